The molecule has 1 aliphatic rings. The largest absolute Gasteiger partial charge is 0.467 e. The average Bonchev–Trinajstić information content (AvgIpc) is 2.17. The second kappa shape index (κ2) is 4.83. The van der Waals surface area contributed by atoms with Crippen molar-refractivity contribution < 1.29 is 22.5 Å². The number of carbonyl (C=O) groups excluding carboxylic acids is 1. The number of piperidine rings is 1. The maximum Gasteiger partial charge on any atom is 0.339 e. The zero-order valence-corrected chi connectivity index (χ0v) is 8.63. The van der Waals surface area contributed by atoms with E-state index in [1.807, 2.05) is 0 Å². The summed E-state index contributed by atoms with van der Waals surface area (Å²) in [7, 11) is 1.23. The van der Waals surface area contributed by atoms with Crippen LogP contribution in [-0.4, -0.2) is 40.5 Å². The van der Waals surface area contributed by atoms with Crippen molar-refractivity contribution in [1.29, 1.82) is 0 Å². The van der Waals surface area contributed by atoms with Crippen molar-refractivity contribution in [1.82, 2.24) is 5.32 Å². The summed E-state index contributed by atoms with van der Waals surface area (Å²) >= 11 is -2.45. The van der Waals surface area contributed by atoms with Gasteiger partial charge >= 0.3 is 17.3 Å². The van der Waals surface area contributed by atoms with Gasteiger partial charge in [-0.15, -0.1) is 0 Å². The van der Waals surface area contributed by atoms with Crippen LogP contribution in [0, 0.1) is 0 Å². The molecule has 0 aromatic rings. The van der Waals surface area contributed by atoms with E-state index in [9.17, 15) is 9.00 Å². The topological polar surface area (TPSA) is 84.9 Å². The maximum absolute atomic E-state index is 11.4. The molecule has 7 heteroatoms. The Balaban J connectivity index is 2.76. The first-order valence-electron chi connectivity index (χ1n) is 4.20. The standard InChI is InChI=1S/C7H13NO5S/c1-12-6(9)7(13-14(10)11)2-4-8-5-3-7/h8H,2-5H2,1H3,(H,10,11). The number of hydrogen-bond acceptors (Lipinski definition) is 5. The SMILES string of the molecule is COC(=O)C1(OS(=O)O)CCNCC1. The molecule has 1 unspecified atom stereocenters. The molecule has 14 heavy (non-hydrogen) atoms. The Morgan fingerprint density at radius 3 is 2.50 bits per heavy atom. The summed E-state index contributed by atoms with van der Waals surface area (Å²) in [6.45, 7) is 1.12. The highest BCUT2D eigenvalue weighted by molar-refractivity contribution is 7.74. The molecule has 6 nitrogen and oxygen atoms in total. The van der Waals surface area contributed by atoms with E-state index in [0.29, 0.717) is 25.9 Å². The van der Waals surface area contributed by atoms with E-state index in [0.717, 1.165) is 0 Å². The fourth-order valence-electron chi connectivity index (χ4n) is 1.47. The number of nitrogens with one attached hydrogen (secondary N) is 1. The van der Waals surface area contributed by atoms with Crippen LogP contribution < -0.4 is 5.32 Å². The van der Waals surface area contributed by atoms with Gasteiger partial charge in [0.05, 0.1) is 7.11 Å². The number of ether oxygens (including phenoxy) is 1. The highest BCUT2D eigenvalue weighted by atomic mass is 32.2. The highest BCUT2D eigenvalue weighted by Gasteiger charge is 2.44. The molecule has 2 N–H and O–H groups in total. The molecule has 0 spiro atoms. The predicted octanol–water partition coefficient (Wildman–Crippen LogP) is -0.565. The van der Waals surface area contributed by atoms with E-state index in [1.165, 1.54) is 7.11 Å². The van der Waals surface area contributed by atoms with Gasteiger partial charge in [0, 0.05) is 12.8 Å². The minimum atomic E-state index is -2.45. The third-order valence-electron chi connectivity index (χ3n) is 2.20. The van der Waals surface area contributed by atoms with Crippen molar-refractivity contribution in [3.63, 3.8) is 0 Å². The lowest BCUT2D eigenvalue weighted by Gasteiger charge is -2.32. The van der Waals surface area contributed by atoms with Crippen molar-refractivity contribution in [3.05, 3.63) is 0 Å². The molecule has 0 saturated carbocycles. The number of rotatable bonds is 3. The molecule has 0 bridgehead atoms. The molecule has 1 aliphatic heterocycles. The van der Waals surface area contributed by atoms with Gasteiger partial charge < -0.3 is 10.1 Å². The van der Waals surface area contributed by atoms with Crippen LogP contribution in [0.5, 0.6) is 0 Å². The van der Waals surface area contributed by atoms with Crippen molar-refractivity contribution in [3.8, 4) is 0 Å². The molecule has 1 heterocycles. The van der Waals surface area contributed by atoms with Crippen LogP contribution in [0.2, 0.25) is 0 Å². The van der Waals surface area contributed by atoms with Gasteiger partial charge in [-0.25, -0.2) is 8.98 Å². The molecular formula is C7H13NO5S. The lowest BCUT2D eigenvalue weighted by Crippen LogP contribution is -2.50. The summed E-state index contributed by atoms with van der Waals surface area (Å²) < 4.78 is 28.5. The molecule has 0 aromatic heterocycles. The number of carbonyl (C=O) groups is 1. The zero-order chi connectivity index (χ0) is 10.6. The number of hydrogen-bond donors (Lipinski definition) is 2. The molecule has 82 valence electrons. The summed E-state index contributed by atoms with van der Waals surface area (Å²) in [4.78, 5) is 11.4. The summed E-state index contributed by atoms with van der Waals surface area (Å²) in [5, 5.41) is 3.02. The van der Waals surface area contributed by atoms with Gasteiger partial charge in [0.25, 0.3) is 0 Å². The number of esters is 1. The highest BCUT2D eigenvalue weighted by Crippen LogP contribution is 2.25. The molecule has 0 radical (unpaired) electrons. The summed E-state index contributed by atoms with van der Waals surface area (Å²) in [5.41, 5.74) is -1.26. The molecule has 1 saturated heterocycles. The first-order chi connectivity index (χ1) is 6.60. The minimum Gasteiger partial charge on any atom is -0.467 e. The van der Waals surface area contributed by atoms with E-state index >= 15 is 0 Å². The van der Waals surface area contributed by atoms with E-state index < -0.39 is 22.9 Å². The Morgan fingerprint density at radius 1 is 1.50 bits per heavy atom. The van der Waals surface area contributed by atoms with E-state index in [2.05, 4.69) is 10.1 Å². The Hall–Kier alpha value is -0.500. The van der Waals surface area contributed by atoms with Crippen molar-refractivity contribution in [2.75, 3.05) is 20.2 Å². The molecule has 0 aliphatic carbocycles. The second-order valence-electron chi connectivity index (χ2n) is 3.04. The Bertz CT molecular complexity index is 238. The van der Waals surface area contributed by atoms with E-state index in [-0.39, 0.29) is 0 Å². The van der Waals surface area contributed by atoms with E-state index in [1.54, 1.807) is 0 Å². The van der Waals surface area contributed by atoms with Gasteiger partial charge in [0.2, 0.25) is 0 Å². The van der Waals surface area contributed by atoms with Crippen LogP contribution in [0.1, 0.15) is 12.8 Å². The smallest absolute Gasteiger partial charge is 0.339 e. The van der Waals surface area contributed by atoms with Gasteiger partial charge in [-0.3, -0.25) is 4.55 Å². The summed E-state index contributed by atoms with van der Waals surface area (Å²) in [6.07, 6.45) is 0.679. The quantitative estimate of drug-likeness (QED) is 0.492. The predicted molar refractivity (Wildman–Crippen MR) is 48.7 cm³/mol. The van der Waals surface area contributed by atoms with Crippen molar-refractivity contribution in [2.24, 2.45) is 0 Å². The zero-order valence-electron chi connectivity index (χ0n) is 7.82. The van der Waals surface area contributed by atoms with Crippen LogP contribution in [0.4, 0.5) is 0 Å². The van der Waals surface area contributed by atoms with Gasteiger partial charge in [-0.05, 0) is 13.1 Å². The van der Waals surface area contributed by atoms with Gasteiger partial charge in [-0.2, -0.15) is 4.21 Å². The van der Waals surface area contributed by atoms with E-state index in [4.69, 9.17) is 8.74 Å². The monoisotopic (exact) mass is 223 g/mol. The average molecular weight is 223 g/mol. The molecule has 0 aromatic carbocycles. The Kier molecular flexibility index (Phi) is 3.99. The van der Waals surface area contributed by atoms with Gasteiger partial charge in [-0.1, -0.05) is 0 Å². The fraction of sp³-hybridized carbons (Fsp3) is 0.857. The van der Waals surface area contributed by atoms with Crippen LogP contribution in [0.25, 0.3) is 0 Å². The summed E-state index contributed by atoms with van der Waals surface area (Å²) in [6, 6.07) is 0. The molecule has 0 amide bonds. The Labute approximate surface area is 84.4 Å². The fourth-order valence-corrected chi connectivity index (χ4v) is 1.98. The summed E-state index contributed by atoms with van der Waals surface area (Å²) in [5.74, 6) is -0.596. The van der Waals surface area contributed by atoms with Gasteiger partial charge in [0.1, 0.15) is 0 Å². The van der Waals surface area contributed by atoms with Crippen molar-refractivity contribution in [2.45, 2.75) is 18.4 Å². The molecule has 1 rings (SSSR count). The molecular weight excluding hydrogens is 210 g/mol. The minimum absolute atomic E-state index is 0.339. The van der Waals surface area contributed by atoms with Crippen LogP contribution >= 0.6 is 0 Å². The van der Waals surface area contributed by atoms with Crippen LogP contribution in [-0.2, 0) is 25.1 Å². The molecule has 1 atom stereocenters. The third kappa shape index (κ3) is 2.50. The van der Waals surface area contributed by atoms with Gasteiger partial charge in [0.15, 0.2) is 5.60 Å². The third-order valence-corrected chi connectivity index (χ3v) is 2.66. The van der Waals surface area contributed by atoms with Crippen LogP contribution in [0.15, 0.2) is 0 Å². The molecule has 1 fully saturated rings. The second-order valence-corrected chi connectivity index (χ2v) is 3.64. The lowest BCUT2D eigenvalue weighted by molar-refractivity contribution is -0.161. The van der Waals surface area contributed by atoms with Crippen LogP contribution in [0.3, 0.4) is 0 Å². The van der Waals surface area contributed by atoms with Crippen molar-refractivity contribution >= 4 is 17.3 Å². The Morgan fingerprint density at radius 2 is 2.07 bits per heavy atom. The maximum atomic E-state index is 11.4. The normalized spacial score (nSPS) is 22.7. The first kappa shape index (κ1) is 11.6. The lowest BCUT2D eigenvalue weighted by atomic mass is 9.93. The first-order valence-corrected chi connectivity index (χ1v) is 5.23. The number of methoxy groups -OCH3 is 1.